The lowest BCUT2D eigenvalue weighted by molar-refractivity contribution is 0.0920. The van der Waals surface area contributed by atoms with Crippen LogP contribution < -0.4 is 10.6 Å². The Labute approximate surface area is 154 Å². The first-order valence-electron chi connectivity index (χ1n) is 9.73. The van der Waals surface area contributed by atoms with E-state index < -0.39 is 0 Å². The van der Waals surface area contributed by atoms with Crippen molar-refractivity contribution in [3.05, 3.63) is 21.9 Å². The Kier molecular flexibility index (Phi) is 6.15. The number of carbonyl (C=O) groups excluding carboxylic acids is 2. The second-order valence-electron chi connectivity index (χ2n) is 8.02. The predicted molar refractivity (Wildman–Crippen MR) is 102 cm³/mol. The number of nitrogens with one attached hydrogen (secondary N) is 2. The van der Waals surface area contributed by atoms with Crippen LogP contribution in [-0.2, 0) is 0 Å². The highest BCUT2D eigenvalue weighted by Crippen LogP contribution is 2.26. The molecule has 0 unspecified atom stereocenters. The molecular formula is C20H30N2O2S. The van der Waals surface area contributed by atoms with Crippen molar-refractivity contribution in [2.45, 2.75) is 77.3 Å². The van der Waals surface area contributed by atoms with Gasteiger partial charge in [0.25, 0.3) is 11.8 Å². The quantitative estimate of drug-likeness (QED) is 0.836. The molecule has 2 fully saturated rings. The molecule has 4 nitrogen and oxygen atoms in total. The molecule has 2 saturated carbocycles. The third kappa shape index (κ3) is 5.06. The Morgan fingerprint density at radius 3 is 1.48 bits per heavy atom. The zero-order valence-electron chi connectivity index (χ0n) is 15.3. The zero-order valence-corrected chi connectivity index (χ0v) is 16.2. The maximum Gasteiger partial charge on any atom is 0.261 e. The molecule has 2 aliphatic carbocycles. The molecule has 0 spiro atoms. The molecule has 2 aliphatic rings. The molecule has 0 aliphatic heterocycles. The highest BCUT2D eigenvalue weighted by Gasteiger charge is 2.23. The Morgan fingerprint density at radius 1 is 0.760 bits per heavy atom. The second-order valence-corrected chi connectivity index (χ2v) is 9.11. The van der Waals surface area contributed by atoms with Crippen molar-refractivity contribution < 1.29 is 9.59 Å². The zero-order chi connectivity index (χ0) is 17.8. The summed E-state index contributed by atoms with van der Waals surface area (Å²) in [5.74, 6) is 1.48. The molecule has 1 aromatic rings. The number of thiophene rings is 1. The van der Waals surface area contributed by atoms with Gasteiger partial charge in [-0.25, -0.2) is 0 Å². The molecule has 25 heavy (non-hydrogen) atoms. The molecule has 1 heterocycles. The lowest BCUT2D eigenvalue weighted by Gasteiger charge is -2.26. The first kappa shape index (κ1) is 18.4. The van der Waals surface area contributed by atoms with Gasteiger partial charge in [-0.05, 0) is 75.3 Å². The summed E-state index contributed by atoms with van der Waals surface area (Å²) in [4.78, 5) is 26.1. The van der Waals surface area contributed by atoms with Gasteiger partial charge in [-0.3, -0.25) is 9.59 Å². The lowest BCUT2D eigenvalue weighted by Crippen LogP contribution is -2.37. The number of rotatable bonds is 4. The minimum atomic E-state index is -0.0323. The summed E-state index contributed by atoms with van der Waals surface area (Å²) in [7, 11) is 0. The Bertz CT molecular complexity index is 546. The van der Waals surface area contributed by atoms with Gasteiger partial charge < -0.3 is 10.6 Å². The van der Waals surface area contributed by atoms with Crippen molar-refractivity contribution in [3.63, 3.8) is 0 Å². The van der Waals surface area contributed by atoms with E-state index in [4.69, 9.17) is 0 Å². The fourth-order valence-electron chi connectivity index (χ4n) is 3.90. The maximum atomic E-state index is 12.4. The average molecular weight is 363 g/mol. The SMILES string of the molecule is CC1CCC(NC(=O)c2ccc(C(=O)NC3CCC(C)CC3)s2)CC1. The third-order valence-electron chi connectivity index (χ3n) is 5.76. The summed E-state index contributed by atoms with van der Waals surface area (Å²) in [5.41, 5.74) is 0. The Balaban J connectivity index is 1.51. The van der Waals surface area contributed by atoms with Crippen LogP contribution in [0.5, 0.6) is 0 Å². The molecular weight excluding hydrogens is 332 g/mol. The summed E-state index contributed by atoms with van der Waals surface area (Å²) in [6, 6.07) is 4.13. The van der Waals surface area contributed by atoms with Crippen molar-refractivity contribution in [2.75, 3.05) is 0 Å². The molecule has 138 valence electrons. The van der Waals surface area contributed by atoms with Crippen LogP contribution in [-0.4, -0.2) is 23.9 Å². The number of hydrogen-bond acceptors (Lipinski definition) is 3. The van der Waals surface area contributed by atoms with E-state index in [1.165, 1.54) is 37.0 Å². The highest BCUT2D eigenvalue weighted by atomic mass is 32.1. The van der Waals surface area contributed by atoms with Crippen LogP contribution in [0.2, 0.25) is 0 Å². The second kappa shape index (κ2) is 8.35. The van der Waals surface area contributed by atoms with E-state index in [9.17, 15) is 9.59 Å². The molecule has 1 aromatic heterocycles. The summed E-state index contributed by atoms with van der Waals surface area (Å²) in [6.07, 6.45) is 8.98. The predicted octanol–water partition coefficient (Wildman–Crippen LogP) is 4.37. The van der Waals surface area contributed by atoms with Gasteiger partial charge in [0, 0.05) is 12.1 Å². The molecule has 5 heteroatoms. The average Bonchev–Trinajstić information content (AvgIpc) is 3.09. The van der Waals surface area contributed by atoms with Gasteiger partial charge in [-0.15, -0.1) is 11.3 Å². The molecule has 0 saturated heterocycles. The number of hydrogen-bond donors (Lipinski definition) is 2. The minimum absolute atomic E-state index is 0.0323. The van der Waals surface area contributed by atoms with E-state index in [0.717, 1.165) is 37.5 Å². The molecule has 3 rings (SSSR count). The van der Waals surface area contributed by atoms with Gasteiger partial charge >= 0.3 is 0 Å². The monoisotopic (exact) mass is 362 g/mol. The van der Waals surface area contributed by atoms with Crippen molar-refractivity contribution in [2.24, 2.45) is 11.8 Å². The summed E-state index contributed by atoms with van der Waals surface area (Å²) in [6.45, 7) is 4.55. The molecule has 0 atom stereocenters. The van der Waals surface area contributed by atoms with Gasteiger partial charge in [0.05, 0.1) is 9.75 Å². The Hall–Kier alpha value is -1.36. The van der Waals surface area contributed by atoms with Crippen LogP contribution in [0.1, 0.15) is 84.6 Å². The van der Waals surface area contributed by atoms with Crippen molar-refractivity contribution >= 4 is 23.2 Å². The summed E-state index contributed by atoms with van der Waals surface area (Å²) >= 11 is 1.30. The van der Waals surface area contributed by atoms with Gasteiger partial charge in [-0.2, -0.15) is 0 Å². The molecule has 2 N–H and O–H groups in total. The van der Waals surface area contributed by atoms with Crippen LogP contribution in [0.25, 0.3) is 0 Å². The van der Waals surface area contributed by atoms with Crippen LogP contribution in [0, 0.1) is 11.8 Å². The minimum Gasteiger partial charge on any atom is -0.349 e. The van der Waals surface area contributed by atoms with E-state index in [2.05, 4.69) is 24.5 Å². The smallest absolute Gasteiger partial charge is 0.261 e. The topological polar surface area (TPSA) is 58.2 Å². The Morgan fingerprint density at radius 2 is 1.12 bits per heavy atom. The van der Waals surface area contributed by atoms with Gasteiger partial charge in [-0.1, -0.05) is 13.8 Å². The summed E-state index contributed by atoms with van der Waals surface area (Å²) in [5, 5.41) is 6.27. The van der Waals surface area contributed by atoms with E-state index in [-0.39, 0.29) is 23.9 Å². The molecule has 2 amide bonds. The largest absolute Gasteiger partial charge is 0.349 e. The van der Waals surface area contributed by atoms with E-state index in [1.54, 1.807) is 12.1 Å². The molecule has 0 bridgehead atoms. The highest BCUT2D eigenvalue weighted by molar-refractivity contribution is 7.15. The van der Waals surface area contributed by atoms with Crippen molar-refractivity contribution in [1.29, 1.82) is 0 Å². The first-order valence-corrected chi connectivity index (χ1v) is 10.5. The van der Waals surface area contributed by atoms with E-state index in [0.29, 0.717) is 9.75 Å². The van der Waals surface area contributed by atoms with E-state index >= 15 is 0 Å². The fraction of sp³-hybridized carbons (Fsp3) is 0.700. The van der Waals surface area contributed by atoms with Gasteiger partial charge in [0.1, 0.15) is 0 Å². The fourth-order valence-corrected chi connectivity index (χ4v) is 4.72. The van der Waals surface area contributed by atoms with Crippen LogP contribution >= 0.6 is 11.3 Å². The maximum absolute atomic E-state index is 12.4. The summed E-state index contributed by atoms with van der Waals surface area (Å²) < 4.78 is 0. The van der Waals surface area contributed by atoms with Gasteiger partial charge in [0.15, 0.2) is 0 Å². The standard InChI is InChI=1S/C20H30N2O2S/c1-13-3-7-15(8-4-13)21-19(23)17-11-12-18(25-17)20(24)22-16-9-5-14(2)6-10-16/h11-16H,3-10H2,1-2H3,(H,21,23)(H,22,24). The van der Waals surface area contributed by atoms with Crippen LogP contribution in [0.4, 0.5) is 0 Å². The first-order chi connectivity index (χ1) is 12.0. The van der Waals surface area contributed by atoms with Gasteiger partial charge in [0.2, 0.25) is 0 Å². The van der Waals surface area contributed by atoms with Crippen molar-refractivity contribution in [1.82, 2.24) is 10.6 Å². The van der Waals surface area contributed by atoms with E-state index in [1.807, 2.05) is 0 Å². The molecule has 0 aromatic carbocycles. The van der Waals surface area contributed by atoms with Crippen LogP contribution in [0.3, 0.4) is 0 Å². The number of amides is 2. The van der Waals surface area contributed by atoms with Crippen molar-refractivity contribution in [3.8, 4) is 0 Å². The number of carbonyl (C=O) groups is 2. The normalized spacial score (nSPS) is 29.8. The van der Waals surface area contributed by atoms with Crippen LogP contribution in [0.15, 0.2) is 12.1 Å². The third-order valence-corrected chi connectivity index (χ3v) is 6.84. The lowest BCUT2D eigenvalue weighted by atomic mass is 9.87. The molecule has 0 radical (unpaired) electrons.